The van der Waals surface area contributed by atoms with Crippen molar-refractivity contribution in [2.24, 2.45) is 0 Å². The minimum atomic E-state index is -0.116. The van der Waals surface area contributed by atoms with E-state index in [0.29, 0.717) is 23.5 Å². The van der Waals surface area contributed by atoms with Crippen molar-refractivity contribution in [3.05, 3.63) is 59.3 Å². The molecule has 1 amide bonds. The van der Waals surface area contributed by atoms with Crippen molar-refractivity contribution in [2.45, 2.75) is 6.54 Å². The first kappa shape index (κ1) is 14.5. The highest BCUT2D eigenvalue weighted by Crippen LogP contribution is 2.15. The highest BCUT2D eigenvalue weighted by molar-refractivity contribution is 5.98. The maximum atomic E-state index is 12.5. The molecule has 2 aromatic rings. The minimum absolute atomic E-state index is 0.116. The summed E-state index contributed by atoms with van der Waals surface area (Å²) in [6, 6.07) is 12.8. The highest BCUT2D eigenvalue weighted by atomic mass is 16.2. The summed E-state index contributed by atoms with van der Waals surface area (Å²) < 4.78 is 0. The van der Waals surface area contributed by atoms with Crippen LogP contribution in [0.3, 0.4) is 0 Å². The molecule has 0 aliphatic carbocycles. The van der Waals surface area contributed by atoms with E-state index in [4.69, 9.17) is 5.26 Å². The van der Waals surface area contributed by atoms with Gasteiger partial charge in [0.2, 0.25) is 0 Å². The second-order valence-corrected chi connectivity index (χ2v) is 4.62. The molecule has 0 aliphatic heterocycles. The number of anilines is 1. The predicted octanol–water partition coefficient (Wildman–Crippen LogP) is 2.27. The number of nitrogens with one attached hydrogen (secondary N) is 1. The summed E-state index contributed by atoms with van der Waals surface area (Å²) in [4.78, 5) is 18.2. The lowest BCUT2D eigenvalue weighted by atomic mass is 10.1. The van der Waals surface area contributed by atoms with E-state index >= 15 is 0 Å². The number of pyridine rings is 1. The van der Waals surface area contributed by atoms with Crippen molar-refractivity contribution in [2.75, 3.05) is 19.4 Å². The van der Waals surface area contributed by atoms with Gasteiger partial charge in [0.25, 0.3) is 5.91 Å². The number of amides is 1. The zero-order chi connectivity index (χ0) is 15.2. The Bertz CT molecular complexity index is 691. The molecule has 0 atom stereocenters. The largest absolute Gasteiger partial charge is 0.372 e. The molecule has 0 saturated carbocycles. The predicted molar refractivity (Wildman–Crippen MR) is 80.7 cm³/mol. The van der Waals surface area contributed by atoms with Gasteiger partial charge in [0.05, 0.1) is 17.2 Å². The number of rotatable bonds is 4. The molecule has 1 heterocycles. The first-order valence-electron chi connectivity index (χ1n) is 6.53. The van der Waals surface area contributed by atoms with Gasteiger partial charge in [-0.3, -0.25) is 4.79 Å². The zero-order valence-corrected chi connectivity index (χ0v) is 12.0. The van der Waals surface area contributed by atoms with Gasteiger partial charge in [-0.1, -0.05) is 12.1 Å². The summed E-state index contributed by atoms with van der Waals surface area (Å²) in [7, 11) is 3.46. The Morgan fingerprint density at radius 3 is 2.90 bits per heavy atom. The number of nitrogens with zero attached hydrogens (tertiary/aromatic N) is 3. The van der Waals surface area contributed by atoms with E-state index in [0.717, 1.165) is 5.56 Å². The molecule has 2 rings (SSSR count). The summed E-state index contributed by atoms with van der Waals surface area (Å²) in [6.07, 6.45) is 1.64. The molecular formula is C16H16N4O. The van der Waals surface area contributed by atoms with Crippen LogP contribution < -0.4 is 5.32 Å². The van der Waals surface area contributed by atoms with E-state index in [9.17, 15) is 4.79 Å². The van der Waals surface area contributed by atoms with Crippen LogP contribution in [0.5, 0.6) is 0 Å². The Morgan fingerprint density at radius 1 is 1.38 bits per heavy atom. The fourth-order valence-electron chi connectivity index (χ4n) is 2.07. The fourth-order valence-corrected chi connectivity index (χ4v) is 2.07. The van der Waals surface area contributed by atoms with Crippen molar-refractivity contribution in [1.29, 1.82) is 5.26 Å². The van der Waals surface area contributed by atoms with Crippen molar-refractivity contribution in [1.82, 2.24) is 9.88 Å². The second kappa shape index (κ2) is 6.53. The average molecular weight is 280 g/mol. The molecule has 0 saturated heterocycles. The molecule has 1 aromatic heterocycles. The highest BCUT2D eigenvalue weighted by Gasteiger charge is 2.16. The molecule has 0 fully saturated rings. The van der Waals surface area contributed by atoms with Crippen LogP contribution in [0.1, 0.15) is 21.5 Å². The standard InChI is InChI=1S/C16H16N4O/c1-18-15-14(7-4-8-19-15)16(21)20(2)11-13-6-3-5-12(9-13)10-17/h3-9H,11H2,1-2H3,(H,18,19). The summed E-state index contributed by atoms with van der Waals surface area (Å²) in [5.41, 5.74) is 2.03. The van der Waals surface area contributed by atoms with E-state index in [1.807, 2.05) is 12.1 Å². The molecular weight excluding hydrogens is 264 g/mol. The van der Waals surface area contributed by atoms with Crippen molar-refractivity contribution >= 4 is 11.7 Å². The lowest BCUT2D eigenvalue weighted by Gasteiger charge is -2.18. The van der Waals surface area contributed by atoms with Crippen LogP contribution in [0.4, 0.5) is 5.82 Å². The fraction of sp³-hybridized carbons (Fsp3) is 0.188. The molecule has 0 bridgehead atoms. The molecule has 0 radical (unpaired) electrons. The molecule has 106 valence electrons. The molecule has 1 N–H and O–H groups in total. The first-order valence-corrected chi connectivity index (χ1v) is 6.53. The Hall–Kier alpha value is -2.87. The third kappa shape index (κ3) is 3.37. The molecule has 0 aliphatic rings. The van der Waals surface area contributed by atoms with Gasteiger partial charge in [0, 0.05) is 26.8 Å². The summed E-state index contributed by atoms with van der Waals surface area (Å²) in [5.74, 6) is 0.440. The Kier molecular flexibility index (Phi) is 4.52. The number of carbonyl (C=O) groups is 1. The van der Waals surface area contributed by atoms with Crippen LogP contribution in [-0.4, -0.2) is 29.9 Å². The third-order valence-corrected chi connectivity index (χ3v) is 3.10. The number of hydrogen-bond acceptors (Lipinski definition) is 4. The minimum Gasteiger partial charge on any atom is -0.372 e. The van der Waals surface area contributed by atoms with Gasteiger partial charge < -0.3 is 10.2 Å². The van der Waals surface area contributed by atoms with Gasteiger partial charge >= 0.3 is 0 Å². The average Bonchev–Trinajstić information content (AvgIpc) is 2.54. The monoisotopic (exact) mass is 280 g/mol. The van der Waals surface area contributed by atoms with Crippen LogP contribution in [-0.2, 0) is 6.54 Å². The normalized spacial score (nSPS) is 9.76. The summed E-state index contributed by atoms with van der Waals surface area (Å²) in [6.45, 7) is 0.437. The van der Waals surface area contributed by atoms with E-state index in [1.165, 1.54) is 0 Å². The Labute approximate surface area is 123 Å². The molecule has 5 nitrogen and oxygen atoms in total. The van der Waals surface area contributed by atoms with E-state index in [1.54, 1.807) is 49.5 Å². The van der Waals surface area contributed by atoms with Crippen LogP contribution in [0.15, 0.2) is 42.6 Å². The van der Waals surface area contributed by atoms with Crippen molar-refractivity contribution in [3.8, 4) is 6.07 Å². The molecule has 0 spiro atoms. The van der Waals surface area contributed by atoms with E-state index in [-0.39, 0.29) is 5.91 Å². The SMILES string of the molecule is CNc1ncccc1C(=O)N(C)Cc1cccc(C#N)c1. The maximum absolute atomic E-state index is 12.5. The number of carbonyl (C=O) groups excluding carboxylic acids is 1. The summed E-state index contributed by atoms with van der Waals surface area (Å²) >= 11 is 0. The topological polar surface area (TPSA) is 69.0 Å². The van der Waals surface area contributed by atoms with E-state index in [2.05, 4.69) is 16.4 Å². The third-order valence-electron chi connectivity index (χ3n) is 3.10. The van der Waals surface area contributed by atoms with Gasteiger partial charge in [-0.05, 0) is 29.8 Å². The zero-order valence-electron chi connectivity index (χ0n) is 12.0. The van der Waals surface area contributed by atoms with Crippen LogP contribution in [0.25, 0.3) is 0 Å². The molecule has 1 aromatic carbocycles. The van der Waals surface area contributed by atoms with Gasteiger partial charge in [-0.25, -0.2) is 4.98 Å². The Morgan fingerprint density at radius 2 is 2.19 bits per heavy atom. The quantitative estimate of drug-likeness (QED) is 0.932. The van der Waals surface area contributed by atoms with Crippen molar-refractivity contribution in [3.63, 3.8) is 0 Å². The lowest BCUT2D eigenvalue weighted by Crippen LogP contribution is -2.27. The van der Waals surface area contributed by atoms with Gasteiger partial charge in [0.15, 0.2) is 0 Å². The lowest BCUT2D eigenvalue weighted by molar-refractivity contribution is 0.0785. The number of aromatic nitrogens is 1. The van der Waals surface area contributed by atoms with Crippen molar-refractivity contribution < 1.29 is 4.79 Å². The first-order chi connectivity index (χ1) is 10.2. The summed E-state index contributed by atoms with van der Waals surface area (Å²) in [5, 5.41) is 11.8. The second-order valence-electron chi connectivity index (χ2n) is 4.62. The van der Waals surface area contributed by atoms with Gasteiger partial charge in [-0.15, -0.1) is 0 Å². The van der Waals surface area contributed by atoms with Crippen LogP contribution in [0.2, 0.25) is 0 Å². The molecule has 0 unspecified atom stereocenters. The van der Waals surface area contributed by atoms with E-state index < -0.39 is 0 Å². The molecule has 5 heteroatoms. The number of nitriles is 1. The van der Waals surface area contributed by atoms with Gasteiger partial charge in [0.1, 0.15) is 5.82 Å². The van der Waals surface area contributed by atoms with Crippen LogP contribution in [0, 0.1) is 11.3 Å². The Balaban J connectivity index is 2.18. The maximum Gasteiger partial charge on any atom is 0.257 e. The smallest absolute Gasteiger partial charge is 0.257 e. The van der Waals surface area contributed by atoms with Gasteiger partial charge in [-0.2, -0.15) is 5.26 Å². The number of hydrogen-bond donors (Lipinski definition) is 1. The molecule has 21 heavy (non-hydrogen) atoms. The number of benzene rings is 1. The van der Waals surface area contributed by atoms with Crippen LogP contribution >= 0.6 is 0 Å².